The van der Waals surface area contributed by atoms with Crippen LogP contribution in [-0.4, -0.2) is 18.5 Å². The second-order valence-corrected chi connectivity index (χ2v) is 5.49. The number of carbonyl (C=O) groups excluding carboxylic acids is 1. The van der Waals surface area contributed by atoms with Gasteiger partial charge in [-0.3, -0.25) is 4.79 Å². The van der Waals surface area contributed by atoms with Gasteiger partial charge >= 0.3 is 0 Å². The van der Waals surface area contributed by atoms with Gasteiger partial charge in [0.2, 0.25) is 5.91 Å². The number of piperidine rings is 1. The second-order valence-electron chi connectivity index (χ2n) is 4.58. The fraction of sp³-hybridized carbons (Fsp3) is 0.462. The molecule has 1 aromatic rings. The van der Waals surface area contributed by atoms with E-state index in [1.165, 1.54) is 0 Å². The number of hydrogen-bond donors (Lipinski definition) is 2. The first-order valence-corrected chi connectivity index (χ1v) is 6.74. The van der Waals surface area contributed by atoms with Gasteiger partial charge in [-0.2, -0.15) is 0 Å². The summed E-state index contributed by atoms with van der Waals surface area (Å²) in [5, 5.41) is 6.33. The van der Waals surface area contributed by atoms with Crippen LogP contribution in [0.3, 0.4) is 0 Å². The Morgan fingerprint density at radius 2 is 2.28 bits per heavy atom. The summed E-state index contributed by atoms with van der Waals surface area (Å²) in [7, 11) is 0. The highest BCUT2D eigenvalue weighted by Crippen LogP contribution is 2.20. The maximum atomic E-state index is 12.1. The number of anilines is 1. The normalized spacial score (nSPS) is 23.0. The molecule has 0 aromatic heterocycles. The highest BCUT2D eigenvalue weighted by molar-refractivity contribution is 9.10. The molecule has 0 spiro atoms. The van der Waals surface area contributed by atoms with Crippen LogP contribution in [0.5, 0.6) is 0 Å². The first kappa shape index (κ1) is 15.5. The smallest absolute Gasteiger partial charge is 0.227 e. The summed E-state index contributed by atoms with van der Waals surface area (Å²) in [6, 6.07) is 8.13. The minimum atomic E-state index is 0. The lowest BCUT2D eigenvalue weighted by Crippen LogP contribution is -2.40. The van der Waals surface area contributed by atoms with Crippen LogP contribution in [-0.2, 0) is 4.79 Å². The fourth-order valence-electron chi connectivity index (χ4n) is 2.18. The van der Waals surface area contributed by atoms with E-state index in [-0.39, 0.29) is 24.2 Å². The van der Waals surface area contributed by atoms with Crippen LogP contribution in [0.25, 0.3) is 0 Å². The van der Waals surface area contributed by atoms with Crippen molar-refractivity contribution in [1.82, 2.24) is 5.32 Å². The van der Waals surface area contributed by atoms with Crippen molar-refractivity contribution in [2.45, 2.75) is 25.8 Å². The van der Waals surface area contributed by atoms with E-state index < -0.39 is 0 Å². The summed E-state index contributed by atoms with van der Waals surface area (Å²) < 4.78 is 0.981. The second kappa shape index (κ2) is 7.12. The van der Waals surface area contributed by atoms with Crippen molar-refractivity contribution in [3.63, 3.8) is 0 Å². The molecule has 1 fully saturated rings. The van der Waals surface area contributed by atoms with Gasteiger partial charge in [0.1, 0.15) is 0 Å². The molecule has 1 amide bonds. The van der Waals surface area contributed by atoms with Crippen LogP contribution in [0.2, 0.25) is 0 Å². The molecule has 2 N–H and O–H groups in total. The number of amides is 1. The van der Waals surface area contributed by atoms with Gasteiger partial charge in [-0.25, -0.2) is 0 Å². The summed E-state index contributed by atoms with van der Waals surface area (Å²) in [6.45, 7) is 3.05. The molecule has 1 aliphatic rings. The predicted octanol–water partition coefficient (Wildman–Crippen LogP) is 3.20. The third-order valence-electron chi connectivity index (χ3n) is 3.09. The van der Waals surface area contributed by atoms with Gasteiger partial charge in [0.05, 0.1) is 0 Å². The molecule has 5 heteroatoms. The van der Waals surface area contributed by atoms with E-state index in [0.29, 0.717) is 6.04 Å². The molecule has 0 aliphatic carbocycles. The lowest BCUT2D eigenvalue weighted by atomic mass is 9.92. The highest BCUT2D eigenvalue weighted by Gasteiger charge is 2.24. The van der Waals surface area contributed by atoms with Gasteiger partial charge < -0.3 is 10.6 Å². The van der Waals surface area contributed by atoms with Crippen LogP contribution >= 0.6 is 28.3 Å². The molecule has 1 aliphatic heterocycles. The standard InChI is InChI=1S/C13H17BrN2O.ClH/c1-9-7-10(5-6-15-9)13(17)16-12-4-2-3-11(14)8-12;/h2-4,8-10,15H,5-7H2,1H3,(H,16,17);1H/t9-,10-;/m0./s1. The number of rotatable bonds is 2. The van der Waals surface area contributed by atoms with E-state index in [4.69, 9.17) is 0 Å². The SMILES string of the molecule is C[C@H]1C[C@@H](C(=O)Nc2cccc(Br)c2)CCN1.Cl. The lowest BCUT2D eigenvalue weighted by molar-refractivity contribution is -0.120. The van der Waals surface area contributed by atoms with Crippen molar-refractivity contribution in [3.05, 3.63) is 28.7 Å². The van der Waals surface area contributed by atoms with E-state index in [2.05, 4.69) is 33.5 Å². The molecule has 2 rings (SSSR count). The molecular formula is C13H18BrClN2O. The largest absolute Gasteiger partial charge is 0.326 e. The zero-order valence-corrected chi connectivity index (χ0v) is 12.7. The summed E-state index contributed by atoms with van der Waals surface area (Å²) >= 11 is 3.40. The minimum Gasteiger partial charge on any atom is -0.326 e. The van der Waals surface area contributed by atoms with Gasteiger partial charge in [-0.15, -0.1) is 12.4 Å². The zero-order chi connectivity index (χ0) is 12.3. The van der Waals surface area contributed by atoms with Crippen LogP contribution in [0.4, 0.5) is 5.69 Å². The van der Waals surface area contributed by atoms with E-state index in [9.17, 15) is 4.79 Å². The van der Waals surface area contributed by atoms with Crippen molar-refractivity contribution < 1.29 is 4.79 Å². The average molecular weight is 334 g/mol. The van der Waals surface area contributed by atoms with Crippen molar-refractivity contribution in [1.29, 1.82) is 0 Å². The summed E-state index contributed by atoms with van der Waals surface area (Å²) in [5.41, 5.74) is 0.857. The van der Waals surface area contributed by atoms with Crippen LogP contribution < -0.4 is 10.6 Å². The Labute approximate surface area is 122 Å². The Kier molecular flexibility index (Phi) is 6.12. The molecule has 0 saturated carbocycles. The molecule has 3 nitrogen and oxygen atoms in total. The molecule has 0 unspecified atom stereocenters. The van der Waals surface area contributed by atoms with Gasteiger partial charge in [-0.1, -0.05) is 22.0 Å². The molecule has 2 atom stereocenters. The maximum Gasteiger partial charge on any atom is 0.227 e. The van der Waals surface area contributed by atoms with Gasteiger partial charge in [0.25, 0.3) is 0 Å². The Balaban J connectivity index is 0.00000162. The molecule has 18 heavy (non-hydrogen) atoms. The van der Waals surface area contributed by atoms with Crippen molar-refractivity contribution in [2.75, 3.05) is 11.9 Å². The quantitative estimate of drug-likeness (QED) is 0.872. The Morgan fingerprint density at radius 3 is 2.94 bits per heavy atom. The van der Waals surface area contributed by atoms with Crippen molar-refractivity contribution in [2.24, 2.45) is 5.92 Å². The van der Waals surface area contributed by atoms with Gasteiger partial charge in [0, 0.05) is 22.1 Å². The van der Waals surface area contributed by atoms with Crippen molar-refractivity contribution in [3.8, 4) is 0 Å². The molecule has 1 aromatic carbocycles. The Morgan fingerprint density at radius 1 is 1.50 bits per heavy atom. The third kappa shape index (κ3) is 4.26. The third-order valence-corrected chi connectivity index (χ3v) is 3.58. The maximum absolute atomic E-state index is 12.1. The molecule has 1 heterocycles. The van der Waals surface area contributed by atoms with E-state index >= 15 is 0 Å². The summed E-state index contributed by atoms with van der Waals surface area (Å²) in [5.74, 6) is 0.265. The lowest BCUT2D eigenvalue weighted by Gasteiger charge is -2.27. The van der Waals surface area contributed by atoms with Crippen LogP contribution in [0, 0.1) is 5.92 Å². The molecule has 0 bridgehead atoms. The first-order valence-electron chi connectivity index (χ1n) is 5.95. The molecular weight excluding hydrogens is 316 g/mol. The summed E-state index contributed by atoms with van der Waals surface area (Å²) in [6.07, 6.45) is 1.84. The van der Waals surface area contributed by atoms with Gasteiger partial charge in [0.15, 0.2) is 0 Å². The van der Waals surface area contributed by atoms with E-state index in [0.717, 1.165) is 29.5 Å². The minimum absolute atomic E-state index is 0. The Bertz CT molecular complexity index is 414. The van der Waals surface area contributed by atoms with E-state index in [1.54, 1.807) is 0 Å². The monoisotopic (exact) mass is 332 g/mol. The van der Waals surface area contributed by atoms with Crippen LogP contribution in [0.15, 0.2) is 28.7 Å². The molecule has 1 saturated heterocycles. The number of halogens is 2. The fourth-order valence-corrected chi connectivity index (χ4v) is 2.58. The molecule has 100 valence electrons. The van der Waals surface area contributed by atoms with Gasteiger partial charge in [-0.05, 0) is 44.5 Å². The molecule has 0 radical (unpaired) electrons. The Hall–Kier alpha value is -0.580. The number of carbonyl (C=O) groups is 1. The highest BCUT2D eigenvalue weighted by atomic mass is 79.9. The zero-order valence-electron chi connectivity index (χ0n) is 10.3. The number of benzene rings is 1. The summed E-state index contributed by atoms with van der Waals surface area (Å²) in [4.78, 5) is 12.1. The van der Waals surface area contributed by atoms with Crippen LogP contribution in [0.1, 0.15) is 19.8 Å². The first-order chi connectivity index (χ1) is 8.15. The topological polar surface area (TPSA) is 41.1 Å². The number of nitrogens with one attached hydrogen (secondary N) is 2. The van der Waals surface area contributed by atoms with E-state index in [1.807, 2.05) is 24.3 Å². The predicted molar refractivity (Wildman–Crippen MR) is 80.2 cm³/mol. The average Bonchev–Trinajstić information content (AvgIpc) is 2.29. The van der Waals surface area contributed by atoms with Crippen molar-refractivity contribution >= 4 is 39.9 Å². The number of hydrogen-bond acceptors (Lipinski definition) is 2.